The maximum atomic E-state index is 12.1. The third-order valence-corrected chi connectivity index (χ3v) is 6.10. The summed E-state index contributed by atoms with van der Waals surface area (Å²) in [6.45, 7) is 0. The lowest BCUT2D eigenvalue weighted by molar-refractivity contribution is 0.103. The molecule has 0 aliphatic carbocycles. The minimum atomic E-state index is -0.117. The predicted molar refractivity (Wildman–Crippen MR) is 133 cm³/mol. The minimum Gasteiger partial charge on any atom is -0.289 e. The molecule has 0 aliphatic rings. The van der Waals surface area contributed by atoms with Gasteiger partial charge < -0.3 is 0 Å². The molecule has 0 aliphatic heterocycles. The van der Waals surface area contributed by atoms with E-state index in [0.717, 1.165) is 0 Å². The van der Waals surface area contributed by atoms with E-state index < -0.39 is 0 Å². The highest BCUT2D eigenvalue weighted by Gasteiger charge is 2.14. The Morgan fingerprint density at radius 3 is 1.12 bits per heavy atom. The summed E-state index contributed by atoms with van der Waals surface area (Å²) in [7, 11) is 0. The largest absolute Gasteiger partial charge is 0.289 e. The van der Waals surface area contributed by atoms with Gasteiger partial charge in [0.2, 0.25) is 0 Å². The molecule has 0 fully saturated rings. The van der Waals surface area contributed by atoms with Crippen LogP contribution in [-0.4, -0.2) is 11.6 Å². The molecule has 0 saturated carbocycles. The molecule has 0 unspecified atom stereocenters. The molecule has 0 radical (unpaired) electrons. The van der Waals surface area contributed by atoms with Crippen LogP contribution in [0.3, 0.4) is 0 Å². The van der Waals surface area contributed by atoms with E-state index in [-0.39, 0.29) is 11.6 Å². The van der Waals surface area contributed by atoms with Crippen LogP contribution in [0.25, 0.3) is 0 Å². The van der Waals surface area contributed by atoms with Crippen molar-refractivity contribution in [3.63, 3.8) is 0 Å². The highest BCUT2D eigenvalue weighted by atomic mass is 35.5. The number of halogens is 4. The fourth-order valence-electron chi connectivity index (χ4n) is 2.85. The molecule has 0 amide bonds. The maximum absolute atomic E-state index is 12.1. The Balaban J connectivity index is 0.000000181. The molecule has 0 N–H and O–H groups in total. The first kappa shape index (κ1) is 24.0. The van der Waals surface area contributed by atoms with Gasteiger partial charge >= 0.3 is 0 Å². The zero-order chi connectivity index (χ0) is 23.1. The predicted octanol–water partition coefficient (Wildman–Crippen LogP) is 8.45. The first-order valence-corrected chi connectivity index (χ1v) is 11.0. The van der Waals surface area contributed by atoms with Gasteiger partial charge in [0.25, 0.3) is 0 Å². The number of rotatable bonds is 4. The van der Waals surface area contributed by atoms with Crippen molar-refractivity contribution in [2.45, 2.75) is 0 Å². The summed E-state index contributed by atoms with van der Waals surface area (Å²) in [4.78, 5) is 24.2. The van der Waals surface area contributed by atoms with Gasteiger partial charge in [0.1, 0.15) is 0 Å². The van der Waals surface area contributed by atoms with Crippen LogP contribution in [0, 0.1) is 0 Å². The van der Waals surface area contributed by atoms with Crippen LogP contribution in [0.4, 0.5) is 0 Å². The molecule has 0 heterocycles. The molecule has 32 heavy (non-hydrogen) atoms. The van der Waals surface area contributed by atoms with Crippen molar-refractivity contribution in [1.82, 2.24) is 0 Å². The van der Waals surface area contributed by atoms with Crippen LogP contribution in [0.1, 0.15) is 31.8 Å². The highest BCUT2D eigenvalue weighted by molar-refractivity contribution is 6.45. The van der Waals surface area contributed by atoms with Crippen LogP contribution in [-0.2, 0) is 0 Å². The second-order valence-corrected chi connectivity index (χ2v) is 8.16. The second kappa shape index (κ2) is 11.3. The molecule has 6 heteroatoms. The topological polar surface area (TPSA) is 34.1 Å². The van der Waals surface area contributed by atoms with Crippen molar-refractivity contribution in [2.24, 2.45) is 0 Å². The Labute approximate surface area is 206 Å². The van der Waals surface area contributed by atoms with E-state index in [9.17, 15) is 9.59 Å². The van der Waals surface area contributed by atoms with Crippen molar-refractivity contribution in [2.75, 3.05) is 0 Å². The van der Waals surface area contributed by atoms with E-state index in [2.05, 4.69) is 0 Å². The molecule has 0 atom stereocenters. The second-order valence-electron chi connectivity index (χ2n) is 6.59. The Morgan fingerprint density at radius 2 is 0.781 bits per heavy atom. The van der Waals surface area contributed by atoms with E-state index in [1.54, 1.807) is 60.7 Å². The average molecular weight is 502 g/mol. The van der Waals surface area contributed by atoms with Crippen molar-refractivity contribution in [3.8, 4) is 0 Å². The Morgan fingerprint density at radius 1 is 0.438 bits per heavy atom. The van der Waals surface area contributed by atoms with Gasteiger partial charge in [-0.1, -0.05) is 119 Å². The van der Waals surface area contributed by atoms with Crippen LogP contribution in [0.15, 0.2) is 97.1 Å². The van der Waals surface area contributed by atoms with Gasteiger partial charge in [-0.15, -0.1) is 0 Å². The number of hydrogen-bond acceptors (Lipinski definition) is 2. The fourth-order valence-corrected chi connectivity index (χ4v) is 3.62. The van der Waals surface area contributed by atoms with Crippen LogP contribution >= 0.6 is 46.4 Å². The monoisotopic (exact) mass is 500 g/mol. The summed E-state index contributed by atoms with van der Waals surface area (Å²) in [5.74, 6) is -0.235. The van der Waals surface area contributed by atoms with E-state index in [1.807, 2.05) is 36.4 Å². The number of hydrogen-bond donors (Lipinski definition) is 0. The molecule has 4 aromatic rings. The molecule has 4 aromatic carbocycles. The number of ketones is 2. The Bertz CT molecular complexity index is 1140. The summed E-state index contributed by atoms with van der Waals surface area (Å²) in [5.41, 5.74) is 2.07. The summed E-state index contributed by atoms with van der Waals surface area (Å²) in [5, 5.41) is 1.39. The lowest BCUT2D eigenvalue weighted by Crippen LogP contribution is -2.01. The SMILES string of the molecule is O=C(c1ccccc1)c1cccc(Cl)c1Cl.O=C(c1ccccc1)c1cccc(Cl)c1Cl. The van der Waals surface area contributed by atoms with Gasteiger partial charge in [0, 0.05) is 22.3 Å². The molecule has 0 aromatic heterocycles. The van der Waals surface area contributed by atoms with E-state index in [0.29, 0.717) is 42.3 Å². The normalized spacial score (nSPS) is 10.1. The van der Waals surface area contributed by atoms with Gasteiger partial charge in [0.05, 0.1) is 20.1 Å². The minimum absolute atomic E-state index is 0.117. The van der Waals surface area contributed by atoms with Crippen LogP contribution < -0.4 is 0 Å². The summed E-state index contributed by atoms with van der Waals surface area (Å²) < 4.78 is 0. The number of benzene rings is 4. The molecular formula is C26H16Cl4O2. The van der Waals surface area contributed by atoms with E-state index >= 15 is 0 Å². The quantitative estimate of drug-likeness (QED) is 0.263. The third-order valence-electron chi connectivity index (χ3n) is 4.46. The van der Waals surface area contributed by atoms with Gasteiger partial charge in [-0.25, -0.2) is 0 Å². The molecule has 160 valence electrons. The number of carbonyl (C=O) groups is 2. The molecule has 4 rings (SSSR count). The van der Waals surface area contributed by atoms with E-state index in [4.69, 9.17) is 46.4 Å². The molecule has 0 saturated heterocycles. The number of carbonyl (C=O) groups excluding carboxylic acids is 2. The lowest BCUT2D eigenvalue weighted by Gasteiger charge is -2.04. The fraction of sp³-hybridized carbons (Fsp3) is 0. The van der Waals surface area contributed by atoms with Crippen molar-refractivity contribution >= 4 is 58.0 Å². The molecular weight excluding hydrogens is 486 g/mol. The standard InChI is InChI=1S/2C13H8Cl2O/c2*14-11-8-4-7-10(12(11)15)13(16)9-5-2-1-3-6-9/h2*1-8H. The maximum Gasteiger partial charge on any atom is 0.194 e. The highest BCUT2D eigenvalue weighted by Crippen LogP contribution is 2.28. The third kappa shape index (κ3) is 5.79. The van der Waals surface area contributed by atoms with Crippen molar-refractivity contribution < 1.29 is 9.59 Å². The van der Waals surface area contributed by atoms with E-state index in [1.165, 1.54) is 0 Å². The Kier molecular flexibility index (Phi) is 8.49. The first-order valence-electron chi connectivity index (χ1n) is 9.47. The summed E-state index contributed by atoms with van der Waals surface area (Å²) in [6.07, 6.45) is 0. The van der Waals surface area contributed by atoms with Crippen molar-refractivity contribution in [1.29, 1.82) is 0 Å². The zero-order valence-corrected chi connectivity index (χ0v) is 19.6. The van der Waals surface area contributed by atoms with Crippen LogP contribution in [0.5, 0.6) is 0 Å². The molecule has 2 nitrogen and oxygen atoms in total. The summed E-state index contributed by atoms with van der Waals surface area (Å²) >= 11 is 23.7. The molecule has 0 spiro atoms. The van der Waals surface area contributed by atoms with Crippen molar-refractivity contribution in [3.05, 3.63) is 139 Å². The van der Waals surface area contributed by atoms with Gasteiger partial charge in [0.15, 0.2) is 11.6 Å². The van der Waals surface area contributed by atoms with Gasteiger partial charge in [-0.05, 0) is 24.3 Å². The van der Waals surface area contributed by atoms with Gasteiger partial charge in [-0.3, -0.25) is 9.59 Å². The first-order chi connectivity index (χ1) is 15.4. The summed E-state index contributed by atoms with van der Waals surface area (Å²) in [6, 6.07) is 28.0. The lowest BCUT2D eigenvalue weighted by atomic mass is 10.0. The Hall–Kier alpha value is -2.62. The van der Waals surface area contributed by atoms with Gasteiger partial charge in [-0.2, -0.15) is 0 Å². The molecule has 0 bridgehead atoms. The zero-order valence-electron chi connectivity index (χ0n) is 16.6. The van der Waals surface area contributed by atoms with Crippen LogP contribution in [0.2, 0.25) is 20.1 Å². The smallest absolute Gasteiger partial charge is 0.194 e. The average Bonchev–Trinajstić information content (AvgIpc) is 2.83.